The lowest BCUT2D eigenvalue weighted by Gasteiger charge is -2.24. The Labute approximate surface area is 177 Å². The number of carbonyl (C=O) groups excluding carboxylic acids is 1. The molecular formula is C21H24F3N3O4. The number of halogens is 3. The molecule has 1 amide bonds. The van der Waals surface area contributed by atoms with Gasteiger partial charge in [-0.05, 0) is 44.5 Å². The molecular weight excluding hydrogens is 415 g/mol. The van der Waals surface area contributed by atoms with Crippen LogP contribution in [0.1, 0.15) is 37.9 Å². The van der Waals surface area contributed by atoms with E-state index in [4.69, 9.17) is 9.47 Å². The summed E-state index contributed by atoms with van der Waals surface area (Å²) < 4.78 is 50.8. The summed E-state index contributed by atoms with van der Waals surface area (Å²) in [5, 5.41) is 4.09. The van der Waals surface area contributed by atoms with Crippen LogP contribution in [0.3, 0.4) is 0 Å². The van der Waals surface area contributed by atoms with Gasteiger partial charge in [-0.15, -0.1) is 0 Å². The molecule has 1 saturated heterocycles. The topological polar surface area (TPSA) is 73.7 Å². The van der Waals surface area contributed by atoms with Crippen molar-refractivity contribution in [2.45, 2.75) is 51.3 Å². The van der Waals surface area contributed by atoms with Crippen molar-refractivity contribution < 1.29 is 27.4 Å². The first kappa shape index (κ1) is 22.8. The molecule has 2 atom stereocenters. The van der Waals surface area contributed by atoms with E-state index >= 15 is 0 Å². The highest BCUT2D eigenvalue weighted by molar-refractivity contribution is 5.68. The summed E-state index contributed by atoms with van der Waals surface area (Å²) in [6.07, 6.45) is -4.08. The number of carbonyl (C=O) groups is 1. The van der Waals surface area contributed by atoms with Crippen molar-refractivity contribution in [2.75, 3.05) is 13.1 Å². The molecule has 10 heteroatoms. The molecule has 1 aromatic carbocycles. The highest BCUT2D eigenvalue weighted by Crippen LogP contribution is 2.30. The quantitative estimate of drug-likeness (QED) is 0.727. The van der Waals surface area contributed by atoms with Gasteiger partial charge in [0.25, 0.3) is 5.56 Å². The second kappa shape index (κ2) is 8.70. The summed E-state index contributed by atoms with van der Waals surface area (Å²) in [6, 6.07) is 6.96. The van der Waals surface area contributed by atoms with Gasteiger partial charge in [0.1, 0.15) is 11.6 Å². The van der Waals surface area contributed by atoms with Crippen LogP contribution in [0.15, 0.2) is 47.4 Å². The predicted molar refractivity (Wildman–Crippen MR) is 105 cm³/mol. The SMILES string of the molecule is CC(C)(C)OC(=O)N1CC(OCc2ccc(C(F)(F)F)cc2)C(n2ncccc2=O)C1. The zero-order valence-corrected chi connectivity index (χ0v) is 17.4. The van der Waals surface area contributed by atoms with Gasteiger partial charge >= 0.3 is 12.3 Å². The van der Waals surface area contributed by atoms with E-state index < -0.39 is 35.6 Å². The van der Waals surface area contributed by atoms with Crippen molar-refractivity contribution in [2.24, 2.45) is 0 Å². The molecule has 0 bridgehead atoms. The van der Waals surface area contributed by atoms with Gasteiger partial charge in [-0.25, -0.2) is 9.48 Å². The largest absolute Gasteiger partial charge is 0.444 e. The third-order valence-corrected chi connectivity index (χ3v) is 4.69. The molecule has 1 aliphatic heterocycles. The van der Waals surface area contributed by atoms with E-state index in [9.17, 15) is 22.8 Å². The Morgan fingerprint density at radius 2 is 1.81 bits per heavy atom. The third-order valence-electron chi connectivity index (χ3n) is 4.69. The number of hydrogen-bond acceptors (Lipinski definition) is 5. The van der Waals surface area contributed by atoms with Crippen LogP contribution in [0.4, 0.5) is 18.0 Å². The molecule has 0 aliphatic carbocycles. The second-order valence-corrected chi connectivity index (χ2v) is 8.30. The zero-order chi connectivity index (χ0) is 22.8. The Hall–Kier alpha value is -2.88. The number of nitrogens with zero attached hydrogens (tertiary/aromatic N) is 3. The molecule has 0 N–H and O–H groups in total. The smallest absolute Gasteiger partial charge is 0.416 e. The zero-order valence-electron chi connectivity index (χ0n) is 17.4. The van der Waals surface area contributed by atoms with Gasteiger partial charge in [0.15, 0.2) is 0 Å². The van der Waals surface area contributed by atoms with Gasteiger partial charge in [-0.2, -0.15) is 18.3 Å². The van der Waals surface area contributed by atoms with E-state index in [0.29, 0.717) is 5.56 Å². The standard InChI is InChI=1S/C21H24F3N3O4/c1-20(2,3)31-19(29)26-11-16(27-18(28)5-4-10-25-27)17(12-26)30-13-14-6-8-15(9-7-14)21(22,23)24/h4-10,16-17H,11-13H2,1-3H3. The Balaban J connectivity index is 1.76. The third kappa shape index (κ3) is 5.84. The molecule has 0 saturated carbocycles. The minimum Gasteiger partial charge on any atom is -0.444 e. The minimum atomic E-state index is -4.41. The van der Waals surface area contributed by atoms with Gasteiger partial charge in [0.2, 0.25) is 0 Å². The number of alkyl halides is 3. The van der Waals surface area contributed by atoms with Crippen LogP contribution < -0.4 is 5.56 Å². The molecule has 1 aromatic heterocycles. The average molecular weight is 439 g/mol. The summed E-state index contributed by atoms with van der Waals surface area (Å²) in [5.41, 5.74) is -1.24. The fourth-order valence-electron chi connectivity index (χ4n) is 3.24. The molecule has 2 aromatic rings. The van der Waals surface area contributed by atoms with Gasteiger partial charge < -0.3 is 14.4 Å². The maximum absolute atomic E-state index is 12.7. The van der Waals surface area contributed by atoms with E-state index in [1.54, 1.807) is 20.8 Å². The first-order chi connectivity index (χ1) is 14.4. The van der Waals surface area contributed by atoms with Crippen molar-refractivity contribution in [1.82, 2.24) is 14.7 Å². The van der Waals surface area contributed by atoms with E-state index in [0.717, 1.165) is 12.1 Å². The Bertz CT molecular complexity index is 967. The minimum absolute atomic E-state index is 0.0169. The van der Waals surface area contributed by atoms with Gasteiger partial charge in [-0.1, -0.05) is 12.1 Å². The molecule has 2 heterocycles. The van der Waals surface area contributed by atoms with Crippen LogP contribution in [0.2, 0.25) is 0 Å². The van der Waals surface area contributed by atoms with Crippen LogP contribution in [0.25, 0.3) is 0 Å². The number of amides is 1. The maximum atomic E-state index is 12.7. The monoisotopic (exact) mass is 439 g/mol. The lowest BCUT2D eigenvalue weighted by atomic mass is 10.1. The summed E-state index contributed by atoms with van der Waals surface area (Å²) >= 11 is 0. The molecule has 0 radical (unpaired) electrons. The van der Waals surface area contributed by atoms with Crippen LogP contribution in [-0.4, -0.2) is 45.6 Å². The lowest BCUT2D eigenvalue weighted by molar-refractivity contribution is -0.137. The van der Waals surface area contributed by atoms with Crippen LogP contribution in [0, 0.1) is 0 Å². The molecule has 1 fully saturated rings. The average Bonchev–Trinajstić information content (AvgIpc) is 3.09. The van der Waals surface area contributed by atoms with Gasteiger partial charge in [-0.3, -0.25) is 4.79 Å². The maximum Gasteiger partial charge on any atom is 0.416 e. The molecule has 2 unspecified atom stereocenters. The summed E-state index contributed by atoms with van der Waals surface area (Å²) in [5.74, 6) is 0. The Kier molecular flexibility index (Phi) is 6.40. The Morgan fingerprint density at radius 3 is 2.39 bits per heavy atom. The first-order valence-electron chi connectivity index (χ1n) is 9.73. The van der Waals surface area contributed by atoms with Crippen molar-refractivity contribution in [3.63, 3.8) is 0 Å². The highest BCUT2D eigenvalue weighted by Gasteiger charge is 2.40. The molecule has 1 aliphatic rings. The number of aromatic nitrogens is 2. The number of hydrogen-bond donors (Lipinski definition) is 0. The van der Waals surface area contributed by atoms with Crippen LogP contribution >= 0.6 is 0 Å². The first-order valence-corrected chi connectivity index (χ1v) is 9.73. The number of rotatable bonds is 4. The normalized spacial score (nSPS) is 19.5. The van der Waals surface area contributed by atoms with Gasteiger partial charge in [0, 0.05) is 18.8 Å². The fourth-order valence-corrected chi connectivity index (χ4v) is 3.24. The lowest BCUT2D eigenvalue weighted by Crippen LogP contribution is -2.36. The summed E-state index contributed by atoms with van der Waals surface area (Å²) in [7, 11) is 0. The molecule has 31 heavy (non-hydrogen) atoms. The van der Waals surface area contributed by atoms with Crippen molar-refractivity contribution in [1.29, 1.82) is 0 Å². The summed E-state index contributed by atoms with van der Waals surface area (Å²) in [4.78, 5) is 26.2. The Morgan fingerprint density at radius 1 is 1.13 bits per heavy atom. The van der Waals surface area contributed by atoms with Crippen molar-refractivity contribution >= 4 is 6.09 Å². The number of benzene rings is 1. The van der Waals surface area contributed by atoms with E-state index in [2.05, 4.69) is 5.10 Å². The van der Waals surface area contributed by atoms with E-state index in [1.807, 2.05) is 0 Å². The van der Waals surface area contributed by atoms with Crippen LogP contribution in [0.5, 0.6) is 0 Å². The van der Waals surface area contributed by atoms with Gasteiger partial charge in [0.05, 0.1) is 24.8 Å². The van der Waals surface area contributed by atoms with E-state index in [1.165, 1.54) is 40.0 Å². The molecule has 0 spiro atoms. The second-order valence-electron chi connectivity index (χ2n) is 8.30. The number of ether oxygens (including phenoxy) is 2. The highest BCUT2D eigenvalue weighted by atomic mass is 19.4. The van der Waals surface area contributed by atoms with Crippen molar-refractivity contribution in [3.8, 4) is 0 Å². The fraction of sp³-hybridized carbons (Fsp3) is 0.476. The predicted octanol–water partition coefficient (Wildman–Crippen LogP) is 3.64. The summed E-state index contributed by atoms with van der Waals surface area (Å²) in [6.45, 7) is 5.58. The van der Waals surface area contributed by atoms with Crippen LogP contribution in [-0.2, 0) is 22.3 Å². The molecule has 7 nitrogen and oxygen atoms in total. The molecule has 3 rings (SSSR count). The number of likely N-dealkylation sites (tertiary alicyclic amines) is 1. The van der Waals surface area contributed by atoms with Crippen molar-refractivity contribution in [3.05, 3.63) is 64.1 Å². The molecule has 168 valence electrons. The van der Waals surface area contributed by atoms with E-state index in [-0.39, 0.29) is 25.3 Å².